The van der Waals surface area contributed by atoms with E-state index in [0.717, 1.165) is 50.6 Å². The van der Waals surface area contributed by atoms with Crippen molar-refractivity contribution in [1.82, 2.24) is 10.3 Å². The molecule has 0 radical (unpaired) electrons. The molecular weight excluding hydrogens is 563 g/mol. The Morgan fingerprint density at radius 3 is 2.42 bits per heavy atom. The van der Waals surface area contributed by atoms with Crippen LogP contribution in [0.3, 0.4) is 0 Å². The molecule has 36 heavy (non-hydrogen) atoms. The lowest BCUT2D eigenvalue weighted by Crippen LogP contribution is -2.26. The summed E-state index contributed by atoms with van der Waals surface area (Å²) in [5.74, 6) is -0.904. The summed E-state index contributed by atoms with van der Waals surface area (Å²) < 4.78 is 0.956. The number of carbonyl (C=O) groups is 2. The van der Waals surface area contributed by atoms with Crippen LogP contribution in [-0.4, -0.2) is 22.0 Å². The van der Waals surface area contributed by atoms with E-state index in [-0.39, 0.29) is 18.4 Å². The molecular formula is C30H29IN2O3. The zero-order valence-electron chi connectivity index (χ0n) is 20.2. The monoisotopic (exact) mass is 592 g/mol. The number of carboxylic acid groups (broad SMARTS) is 1. The van der Waals surface area contributed by atoms with Gasteiger partial charge in [-0.3, -0.25) is 9.59 Å². The summed E-state index contributed by atoms with van der Waals surface area (Å²) in [6.45, 7) is 1.99. The Hall–Kier alpha value is -3.26. The molecule has 5 nitrogen and oxygen atoms in total. The molecule has 0 bridgehead atoms. The second-order valence-corrected chi connectivity index (χ2v) is 9.70. The van der Waals surface area contributed by atoms with Gasteiger partial charge in [-0.15, -0.1) is 0 Å². The second kappa shape index (κ2) is 12.1. The molecule has 2 N–H and O–H groups in total. The molecule has 0 aliphatic rings. The van der Waals surface area contributed by atoms with Crippen molar-refractivity contribution in [2.45, 2.75) is 43.1 Å². The van der Waals surface area contributed by atoms with E-state index >= 15 is 0 Å². The van der Waals surface area contributed by atoms with E-state index in [4.69, 9.17) is 10.1 Å². The smallest absolute Gasteiger partial charge is 0.303 e. The molecule has 1 aromatic heterocycles. The number of benzene rings is 3. The summed E-state index contributed by atoms with van der Waals surface area (Å²) >= 11 is 2.34. The van der Waals surface area contributed by atoms with Gasteiger partial charge in [-0.1, -0.05) is 77.2 Å². The second-order valence-electron chi connectivity index (χ2n) is 8.94. The van der Waals surface area contributed by atoms with Gasteiger partial charge in [0.25, 0.3) is 5.91 Å². The lowest BCUT2D eigenvalue weighted by molar-refractivity contribution is -0.137. The molecule has 0 unspecified atom stereocenters. The van der Waals surface area contributed by atoms with Crippen LogP contribution in [0.1, 0.15) is 59.3 Å². The number of hydrogen-bond acceptors (Lipinski definition) is 3. The van der Waals surface area contributed by atoms with Crippen molar-refractivity contribution in [3.8, 4) is 11.3 Å². The third kappa shape index (κ3) is 6.49. The number of halogens is 1. The molecule has 0 fully saturated rings. The molecule has 4 aromatic rings. The van der Waals surface area contributed by atoms with Crippen LogP contribution in [0.15, 0.2) is 78.9 Å². The van der Waals surface area contributed by atoms with E-state index in [1.165, 1.54) is 5.56 Å². The molecule has 184 valence electrons. The minimum Gasteiger partial charge on any atom is -0.481 e. The Balaban J connectivity index is 1.59. The van der Waals surface area contributed by atoms with Crippen LogP contribution < -0.4 is 5.32 Å². The lowest BCUT2D eigenvalue weighted by Gasteiger charge is -2.16. The maximum absolute atomic E-state index is 13.1. The zero-order valence-corrected chi connectivity index (χ0v) is 22.4. The number of amides is 1. The van der Waals surface area contributed by atoms with Crippen LogP contribution in [0.2, 0.25) is 0 Å². The Bertz CT molecular complexity index is 1350. The van der Waals surface area contributed by atoms with E-state index in [1.54, 1.807) is 0 Å². The number of carboxylic acids is 1. The minimum absolute atomic E-state index is 0.111. The Morgan fingerprint density at radius 1 is 0.972 bits per heavy atom. The average molecular weight is 592 g/mol. The number of hydrogen-bond donors (Lipinski definition) is 2. The van der Waals surface area contributed by atoms with Gasteiger partial charge < -0.3 is 10.4 Å². The molecule has 0 aliphatic carbocycles. The SMILES string of the molecule is C[C@H](NC(=O)c1ccc2nc(-c3ccccc3)c(CCCCC(=O)O)cc2c1)c1ccc(CI)cc1. The van der Waals surface area contributed by atoms with Gasteiger partial charge in [-0.2, -0.15) is 0 Å². The fraction of sp³-hybridized carbons (Fsp3) is 0.233. The van der Waals surface area contributed by atoms with Crippen molar-refractivity contribution in [1.29, 1.82) is 0 Å². The number of fused-ring (bicyclic) bond motifs is 1. The molecule has 1 amide bonds. The van der Waals surface area contributed by atoms with Gasteiger partial charge in [0.15, 0.2) is 0 Å². The molecule has 4 rings (SSSR count). The fourth-order valence-corrected chi connectivity index (χ4v) is 4.76. The zero-order chi connectivity index (χ0) is 25.5. The van der Waals surface area contributed by atoms with Gasteiger partial charge in [-0.25, -0.2) is 4.98 Å². The summed E-state index contributed by atoms with van der Waals surface area (Å²) in [6, 6.07) is 25.9. The molecule has 0 aliphatic heterocycles. The highest BCUT2D eigenvalue weighted by Gasteiger charge is 2.14. The quantitative estimate of drug-likeness (QED) is 0.117. The number of aliphatic carboxylic acids is 1. The van der Waals surface area contributed by atoms with Gasteiger partial charge >= 0.3 is 5.97 Å². The van der Waals surface area contributed by atoms with Crippen molar-refractivity contribution >= 4 is 45.4 Å². The molecule has 0 saturated carbocycles. The average Bonchev–Trinajstić information content (AvgIpc) is 2.90. The van der Waals surface area contributed by atoms with Gasteiger partial charge in [0.2, 0.25) is 0 Å². The fourth-order valence-electron chi connectivity index (χ4n) is 4.25. The molecule has 3 aromatic carbocycles. The molecule has 0 spiro atoms. The van der Waals surface area contributed by atoms with Gasteiger partial charge in [0.1, 0.15) is 0 Å². The van der Waals surface area contributed by atoms with Crippen LogP contribution in [0.5, 0.6) is 0 Å². The van der Waals surface area contributed by atoms with E-state index in [9.17, 15) is 9.59 Å². The Kier molecular flexibility index (Phi) is 8.70. The number of carbonyl (C=O) groups excluding carboxylic acids is 1. The van der Waals surface area contributed by atoms with E-state index in [1.807, 2.05) is 55.5 Å². The molecule has 1 heterocycles. The van der Waals surface area contributed by atoms with E-state index < -0.39 is 5.97 Å². The molecule has 6 heteroatoms. The highest BCUT2D eigenvalue weighted by Crippen LogP contribution is 2.28. The van der Waals surface area contributed by atoms with Crippen molar-refractivity contribution < 1.29 is 14.7 Å². The minimum atomic E-state index is -0.777. The van der Waals surface area contributed by atoms with Crippen molar-refractivity contribution in [3.63, 3.8) is 0 Å². The number of rotatable bonds is 10. The van der Waals surface area contributed by atoms with Crippen molar-refractivity contribution in [2.75, 3.05) is 0 Å². The normalized spacial score (nSPS) is 11.8. The standard InChI is InChI=1S/C30H29IN2O3/c1-20(22-13-11-21(19-31)12-14-22)32-30(36)25-15-16-27-26(18-25)17-24(9-5-6-10-28(34)35)29(33-27)23-7-3-2-4-8-23/h2-4,7-8,11-18,20H,5-6,9-10,19H2,1H3,(H,32,36)(H,34,35)/t20-/m0/s1. The van der Waals surface area contributed by atoms with Crippen molar-refractivity contribution in [3.05, 3.63) is 101 Å². The van der Waals surface area contributed by atoms with E-state index in [2.05, 4.69) is 58.2 Å². The summed E-state index contributed by atoms with van der Waals surface area (Å²) in [5.41, 5.74) is 6.71. The highest BCUT2D eigenvalue weighted by atomic mass is 127. The predicted octanol–water partition coefficient (Wildman–Crippen LogP) is 7.13. The van der Waals surface area contributed by atoms with Crippen LogP contribution in [0.25, 0.3) is 22.2 Å². The largest absolute Gasteiger partial charge is 0.481 e. The number of nitrogens with one attached hydrogen (secondary N) is 1. The summed E-state index contributed by atoms with van der Waals surface area (Å²) in [5, 5.41) is 13.0. The van der Waals surface area contributed by atoms with Crippen LogP contribution in [0, 0.1) is 0 Å². The topological polar surface area (TPSA) is 79.3 Å². The summed E-state index contributed by atoms with van der Waals surface area (Å²) in [6.07, 6.45) is 2.25. The predicted molar refractivity (Wildman–Crippen MR) is 152 cm³/mol. The van der Waals surface area contributed by atoms with Gasteiger partial charge in [0, 0.05) is 27.4 Å². The highest BCUT2D eigenvalue weighted by molar-refractivity contribution is 14.1. The van der Waals surface area contributed by atoms with Gasteiger partial charge in [-0.05, 0) is 67.1 Å². The molecule has 1 atom stereocenters. The first-order chi connectivity index (χ1) is 17.4. The van der Waals surface area contributed by atoms with E-state index in [0.29, 0.717) is 12.0 Å². The number of alkyl halides is 1. The summed E-state index contributed by atoms with van der Waals surface area (Å²) in [4.78, 5) is 28.9. The summed E-state index contributed by atoms with van der Waals surface area (Å²) in [7, 11) is 0. The number of unbranched alkanes of at least 4 members (excludes halogenated alkanes) is 1. The van der Waals surface area contributed by atoms with Gasteiger partial charge in [0.05, 0.1) is 17.3 Å². The first-order valence-electron chi connectivity index (χ1n) is 12.1. The lowest BCUT2D eigenvalue weighted by atomic mass is 9.98. The number of nitrogens with zero attached hydrogens (tertiary/aromatic N) is 1. The third-order valence-electron chi connectivity index (χ3n) is 6.27. The number of aryl methyl sites for hydroxylation is 1. The van der Waals surface area contributed by atoms with Crippen LogP contribution in [-0.2, 0) is 15.6 Å². The Labute approximate surface area is 225 Å². The number of aromatic nitrogens is 1. The maximum Gasteiger partial charge on any atom is 0.303 e. The first kappa shape index (κ1) is 25.8. The first-order valence-corrected chi connectivity index (χ1v) is 13.6. The van der Waals surface area contributed by atoms with Crippen molar-refractivity contribution in [2.24, 2.45) is 0 Å². The number of pyridine rings is 1. The van der Waals surface area contributed by atoms with Crippen LogP contribution in [0.4, 0.5) is 0 Å². The van der Waals surface area contributed by atoms with Crippen LogP contribution >= 0.6 is 22.6 Å². The maximum atomic E-state index is 13.1. The third-order valence-corrected chi connectivity index (χ3v) is 7.15. The Morgan fingerprint density at radius 2 is 1.72 bits per heavy atom. The molecule has 0 saturated heterocycles.